The number of ether oxygens (including phenoxy) is 2. The Labute approximate surface area is 229 Å². The Morgan fingerprint density at radius 1 is 0.897 bits per heavy atom. The third-order valence-corrected chi connectivity index (χ3v) is 6.20. The number of alkyl halides is 3. The summed E-state index contributed by atoms with van der Waals surface area (Å²) in [7, 11) is 1.38. The summed E-state index contributed by atoms with van der Waals surface area (Å²) < 4.78 is 50.0. The van der Waals surface area contributed by atoms with Gasteiger partial charge in [0.2, 0.25) is 0 Å². The summed E-state index contributed by atoms with van der Waals surface area (Å²) >= 11 is 0. The van der Waals surface area contributed by atoms with E-state index in [-0.39, 0.29) is 30.0 Å². The highest BCUT2D eigenvalue weighted by molar-refractivity contribution is 5.90. The van der Waals surface area contributed by atoms with Crippen LogP contribution in [0.5, 0.6) is 0 Å². The maximum atomic E-state index is 13.7. The first kappa shape index (κ1) is 34.1. The van der Waals surface area contributed by atoms with Gasteiger partial charge in [0, 0.05) is 13.5 Å². The third-order valence-electron chi connectivity index (χ3n) is 6.20. The number of hydrogen-bond acceptors (Lipinski definition) is 6. The van der Waals surface area contributed by atoms with Gasteiger partial charge < -0.3 is 14.4 Å². The summed E-state index contributed by atoms with van der Waals surface area (Å²) in [5, 5.41) is 0. The van der Waals surface area contributed by atoms with Crippen LogP contribution in [0, 0.1) is 17.3 Å². The van der Waals surface area contributed by atoms with Gasteiger partial charge in [-0.25, -0.2) is 4.79 Å². The largest absolute Gasteiger partial charge is 0.453 e. The fourth-order valence-electron chi connectivity index (χ4n) is 4.06. The number of rotatable bonds is 12. The molecular weight excluding hydrogens is 515 g/mol. The summed E-state index contributed by atoms with van der Waals surface area (Å²) in [5.74, 6) is -3.05. The Hall–Kier alpha value is -2.91. The molecule has 1 rings (SSSR count). The number of carbonyl (C=O) groups is 4. The van der Waals surface area contributed by atoms with Gasteiger partial charge in [0.15, 0.2) is 18.0 Å². The number of hydrogen-bond donors (Lipinski definition) is 0. The Morgan fingerprint density at radius 3 is 1.87 bits per heavy atom. The predicted molar refractivity (Wildman–Crippen MR) is 141 cm³/mol. The van der Waals surface area contributed by atoms with Crippen LogP contribution in [0.4, 0.5) is 13.2 Å². The Kier molecular flexibility index (Phi) is 12.2. The topological polar surface area (TPSA) is 90.0 Å². The minimum atomic E-state index is -4.52. The van der Waals surface area contributed by atoms with Crippen molar-refractivity contribution in [2.75, 3.05) is 7.05 Å². The number of nitrogens with zero attached hydrogens (tertiary/aromatic N) is 1. The van der Waals surface area contributed by atoms with E-state index in [9.17, 15) is 32.3 Å². The molecule has 0 heterocycles. The van der Waals surface area contributed by atoms with Crippen molar-refractivity contribution in [2.24, 2.45) is 17.3 Å². The van der Waals surface area contributed by atoms with Crippen molar-refractivity contribution in [2.45, 2.75) is 99.1 Å². The van der Waals surface area contributed by atoms with E-state index >= 15 is 0 Å². The zero-order valence-electron chi connectivity index (χ0n) is 24.3. The Balaban J connectivity index is 3.32. The zero-order chi connectivity index (χ0) is 30.3. The number of likely N-dealkylation sites (N-methyl/N-ethyl adjacent to an activating group) is 1. The molecule has 0 bridgehead atoms. The van der Waals surface area contributed by atoms with Crippen LogP contribution >= 0.6 is 0 Å². The van der Waals surface area contributed by atoms with Gasteiger partial charge in [0.25, 0.3) is 5.91 Å². The van der Waals surface area contributed by atoms with E-state index in [0.29, 0.717) is 12.0 Å². The summed E-state index contributed by atoms with van der Waals surface area (Å²) in [6, 6.07) is 3.17. The molecule has 1 aromatic carbocycles. The zero-order valence-corrected chi connectivity index (χ0v) is 24.3. The number of halogens is 3. The van der Waals surface area contributed by atoms with Crippen molar-refractivity contribution in [3.05, 3.63) is 35.4 Å². The van der Waals surface area contributed by atoms with Crippen LogP contribution in [0.15, 0.2) is 24.3 Å². The van der Waals surface area contributed by atoms with E-state index in [4.69, 9.17) is 9.47 Å². The molecule has 7 nitrogen and oxygen atoms in total. The van der Waals surface area contributed by atoms with E-state index in [0.717, 1.165) is 17.0 Å². The van der Waals surface area contributed by atoms with Crippen LogP contribution in [0.2, 0.25) is 0 Å². The van der Waals surface area contributed by atoms with Crippen LogP contribution in [-0.4, -0.2) is 53.8 Å². The molecule has 220 valence electrons. The highest BCUT2D eigenvalue weighted by Crippen LogP contribution is 2.30. The van der Waals surface area contributed by atoms with Gasteiger partial charge in [-0.05, 0) is 55.7 Å². The van der Waals surface area contributed by atoms with Crippen molar-refractivity contribution in [3.8, 4) is 0 Å². The standard InChI is InChI=1S/C29H42F3NO6/c1-17(2)14-23(27(37)38-20(5)19(4)34)33(9)25(35)24(39-26(36)18(3)16-28(6,7)8)15-21-10-12-22(13-11-21)29(30,31)32/h10-13,17-18,20,23-24H,14-16H2,1-9H3/t18-,20+,23-,24+/m0/s1. The maximum Gasteiger partial charge on any atom is 0.416 e. The molecule has 1 aromatic rings. The SMILES string of the molecule is CC(=O)[C@@H](C)OC(=O)[C@H](CC(C)C)N(C)C(=O)[C@@H](Cc1ccc(C(F)(F)F)cc1)OC(=O)[C@@H](C)CC(C)(C)C. The van der Waals surface area contributed by atoms with Gasteiger partial charge in [-0.1, -0.05) is 53.7 Å². The molecule has 0 radical (unpaired) electrons. The second-order valence-corrected chi connectivity index (χ2v) is 11.8. The lowest BCUT2D eigenvalue weighted by atomic mass is 9.85. The van der Waals surface area contributed by atoms with Crippen LogP contribution in [0.25, 0.3) is 0 Å². The lowest BCUT2D eigenvalue weighted by molar-refractivity contribution is -0.169. The van der Waals surface area contributed by atoms with E-state index in [1.807, 2.05) is 34.6 Å². The monoisotopic (exact) mass is 557 g/mol. The number of carbonyl (C=O) groups excluding carboxylic acids is 4. The van der Waals surface area contributed by atoms with Crippen LogP contribution in [0.1, 0.15) is 79.4 Å². The van der Waals surface area contributed by atoms with Crippen molar-refractivity contribution >= 4 is 23.6 Å². The predicted octanol–water partition coefficient (Wildman–Crippen LogP) is 5.63. The number of esters is 2. The minimum Gasteiger partial charge on any atom is -0.453 e. The quantitative estimate of drug-likeness (QED) is 0.310. The van der Waals surface area contributed by atoms with Gasteiger partial charge in [0.05, 0.1) is 11.5 Å². The van der Waals surface area contributed by atoms with Gasteiger partial charge in [0.1, 0.15) is 6.04 Å². The second kappa shape index (κ2) is 13.9. The molecule has 0 aliphatic heterocycles. The van der Waals surface area contributed by atoms with Gasteiger partial charge in [-0.2, -0.15) is 13.2 Å². The molecule has 0 saturated carbocycles. The van der Waals surface area contributed by atoms with Crippen molar-refractivity contribution in [1.29, 1.82) is 0 Å². The second-order valence-electron chi connectivity index (χ2n) is 11.8. The molecule has 0 unspecified atom stereocenters. The number of benzene rings is 1. The van der Waals surface area contributed by atoms with Crippen LogP contribution in [-0.2, 0) is 41.2 Å². The third kappa shape index (κ3) is 11.4. The normalized spacial score (nSPS) is 15.2. The molecule has 1 amide bonds. The molecule has 0 spiro atoms. The minimum absolute atomic E-state index is 0.0341. The maximum absolute atomic E-state index is 13.7. The fraction of sp³-hybridized carbons (Fsp3) is 0.655. The van der Waals surface area contributed by atoms with Crippen molar-refractivity contribution < 1.29 is 41.8 Å². The van der Waals surface area contributed by atoms with Crippen molar-refractivity contribution in [1.82, 2.24) is 4.90 Å². The van der Waals surface area contributed by atoms with Gasteiger partial charge in [-0.15, -0.1) is 0 Å². The molecule has 0 aromatic heterocycles. The van der Waals surface area contributed by atoms with Crippen LogP contribution < -0.4 is 0 Å². The number of Topliss-reactive ketones (excluding diaryl/α,β-unsaturated/α-hetero) is 1. The summed E-state index contributed by atoms with van der Waals surface area (Å²) in [5.41, 5.74) is -0.692. The molecule has 0 fully saturated rings. The number of ketones is 1. The first-order valence-corrected chi connectivity index (χ1v) is 13.1. The van der Waals surface area contributed by atoms with E-state index in [2.05, 4.69) is 0 Å². The summed E-state index contributed by atoms with van der Waals surface area (Å²) in [6.07, 6.45) is -6.42. The van der Waals surface area contributed by atoms with Gasteiger partial charge in [-0.3, -0.25) is 14.4 Å². The average molecular weight is 558 g/mol. The van der Waals surface area contributed by atoms with E-state index in [1.165, 1.54) is 33.0 Å². The molecule has 10 heteroatoms. The Bertz CT molecular complexity index is 998. The summed E-state index contributed by atoms with van der Waals surface area (Å²) in [6.45, 7) is 14.0. The molecule has 4 atom stereocenters. The first-order chi connectivity index (χ1) is 17.7. The number of amides is 1. The highest BCUT2D eigenvalue weighted by atomic mass is 19.4. The summed E-state index contributed by atoms with van der Waals surface area (Å²) in [4.78, 5) is 52.3. The molecular formula is C29H42F3NO6. The molecule has 39 heavy (non-hydrogen) atoms. The lowest BCUT2D eigenvalue weighted by Crippen LogP contribution is -2.50. The first-order valence-electron chi connectivity index (χ1n) is 13.1. The molecule has 0 aliphatic carbocycles. The van der Waals surface area contributed by atoms with Crippen LogP contribution in [0.3, 0.4) is 0 Å². The molecule has 0 aliphatic rings. The average Bonchev–Trinajstić information content (AvgIpc) is 2.79. The smallest absolute Gasteiger partial charge is 0.416 e. The highest BCUT2D eigenvalue weighted by Gasteiger charge is 2.37. The molecule has 0 saturated heterocycles. The van der Waals surface area contributed by atoms with E-state index in [1.54, 1.807) is 6.92 Å². The van der Waals surface area contributed by atoms with Crippen molar-refractivity contribution in [3.63, 3.8) is 0 Å². The lowest BCUT2D eigenvalue weighted by Gasteiger charge is -2.32. The van der Waals surface area contributed by atoms with E-state index < -0.39 is 53.8 Å². The van der Waals surface area contributed by atoms with Gasteiger partial charge >= 0.3 is 18.1 Å². The molecule has 0 N–H and O–H groups in total. The Morgan fingerprint density at radius 2 is 1.44 bits per heavy atom. The fourth-order valence-corrected chi connectivity index (χ4v) is 4.06.